The molecule has 0 atom stereocenters. The third-order valence-corrected chi connectivity index (χ3v) is 5.88. The second-order valence-corrected chi connectivity index (χ2v) is 7.96. The Labute approximate surface area is 179 Å². The summed E-state index contributed by atoms with van der Waals surface area (Å²) >= 11 is 6.13. The number of nitrogens with zero attached hydrogens (tertiary/aromatic N) is 3. The molecule has 2 aromatic carbocycles. The van der Waals surface area contributed by atoms with E-state index in [-0.39, 0.29) is 16.5 Å². The predicted octanol–water partition coefficient (Wildman–Crippen LogP) is 3.46. The van der Waals surface area contributed by atoms with E-state index in [1.807, 2.05) is 17.0 Å². The van der Waals surface area contributed by atoms with E-state index in [2.05, 4.69) is 10.2 Å². The minimum atomic E-state index is -0.338. The molecule has 0 aliphatic carbocycles. The summed E-state index contributed by atoms with van der Waals surface area (Å²) in [5.74, 6) is 0.741. The summed E-state index contributed by atoms with van der Waals surface area (Å²) in [6, 6.07) is 8.92. The standard InChI is InChI=1S/C21H23ClN4O4/c1-30-20-4-3-16(22)10-15(20)13-24-6-8-25(9-7-24)18-12-17-14(2-5-21(27)23-17)11-19(18)26(28)29/h3-4,10-12H,2,5-9,13H2,1H3,(H,23,27). The second-order valence-electron chi connectivity index (χ2n) is 7.52. The molecule has 2 heterocycles. The number of hydrogen-bond acceptors (Lipinski definition) is 6. The highest BCUT2D eigenvalue weighted by Gasteiger charge is 2.28. The van der Waals surface area contributed by atoms with E-state index in [1.165, 1.54) is 0 Å². The van der Waals surface area contributed by atoms with E-state index in [0.29, 0.717) is 48.9 Å². The summed E-state index contributed by atoms with van der Waals surface area (Å²) in [6.07, 6.45) is 0.882. The molecule has 0 bridgehead atoms. The molecular weight excluding hydrogens is 408 g/mol. The number of nitro groups is 1. The quantitative estimate of drug-likeness (QED) is 0.577. The number of aryl methyl sites for hydroxylation is 1. The Hall–Kier alpha value is -2.84. The summed E-state index contributed by atoms with van der Waals surface area (Å²) in [6.45, 7) is 3.49. The molecule has 2 aliphatic rings. The lowest BCUT2D eigenvalue weighted by molar-refractivity contribution is -0.384. The van der Waals surface area contributed by atoms with Gasteiger partial charge in [-0.15, -0.1) is 0 Å². The smallest absolute Gasteiger partial charge is 0.292 e. The van der Waals surface area contributed by atoms with Crippen molar-refractivity contribution < 1.29 is 14.5 Å². The van der Waals surface area contributed by atoms with E-state index < -0.39 is 0 Å². The lowest BCUT2D eigenvalue weighted by Gasteiger charge is -2.36. The Morgan fingerprint density at radius 2 is 1.93 bits per heavy atom. The molecule has 30 heavy (non-hydrogen) atoms. The van der Waals surface area contributed by atoms with Crippen molar-refractivity contribution in [2.24, 2.45) is 0 Å². The maximum atomic E-state index is 11.7. The Morgan fingerprint density at radius 3 is 2.63 bits per heavy atom. The van der Waals surface area contributed by atoms with Gasteiger partial charge in [0, 0.05) is 61.5 Å². The van der Waals surface area contributed by atoms with Crippen LogP contribution in [0.15, 0.2) is 30.3 Å². The van der Waals surface area contributed by atoms with Gasteiger partial charge in [0.2, 0.25) is 5.91 Å². The van der Waals surface area contributed by atoms with Crippen LogP contribution in [0.25, 0.3) is 0 Å². The van der Waals surface area contributed by atoms with Crippen LogP contribution >= 0.6 is 11.6 Å². The number of methoxy groups -OCH3 is 1. The molecule has 0 aromatic heterocycles. The van der Waals surface area contributed by atoms with Crippen LogP contribution in [0.4, 0.5) is 17.1 Å². The van der Waals surface area contributed by atoms with Crippen molar-refractivity contribution >= 4 is 34.6 Å². The van der Waals surface area contributed by atoms with Crippen molar-refractivity contribution in [3.8, 4) is 5.75 Å². The molecule has 0 saturated carbocycles. The number of rotatable bonds is 5. The fourth-order valence-electron chi connectivity index (χ4n) is 4.06. The average molecular weight is 431 g/mol. The lowest BCUT2D eigenvalue weighted by Crippen LogP contribution is -2.46. The number of carbonyl (C=O) groups is 1. The number of ether oxygens (including phenoxy) is 1. The van der Waals surface area contributed by atoms with Crippen molar-refractivity contribution in [2.75, 3.05) is 43.5 Å². The van der Waals surface area contributed by atoms with Gasteiger partial charge in [0.25, 0.3) is 5.69 Å². The van der Waals surface area contributed by atoms with Gasteiger partial charge in [0.15, 0.2) is 0 Å². The topological polar surface area (TPSA) is 87.9 Å². The van der Waals surface area contributed by atoms with Crippen LogP contribution in [0, 0.1) is 10.1 Å². The average Bonchev–Trinajstić information content (AvgIpc) is 2.73. The third-order valence-electron chi connectivity index (χ3n) is 5.64. The molecule has 2 aliphatic heterocycles. The molecule has 1 fully saturated rings. The molecule has 9 heteroatoms. The second kappa shape index (κ2) is 8.49. The highest BCUT2D eigenvalue weighted by molar-refractivity contribution is 6.30. The number of nitro benzene ring substituents is 1. The molecular formula is C21H23ClN4O4. The van der Waals surface area contributed by atoms with Crippen LogP contribution in [0.5, 0.6) is 5.75 Å². The minimum absolute atomic E-state index is 0.0532. The highest BCUT2D eigenvalue weighted by Crippen LogP contribution is 2.37. The first-order valence-corrected chi connectivity index (χ1v) is 10.2. The number of halogens is 1. The van der Waals surface area contributed by atoms with E-state index in [4.69, 9.17) is 16.3 Å². The minimum Gasteiger partial charge on any atom is -0.496 e. The molecule has 0 radical (unpaired) electrons. The fraction of sp³-hybridized carbons (Fsp3) is 0.381. The van der Waals surface area contributed by atoms with E-state index >= 15 is 0 Å². The first-order valence-electron chi connectivity index (χ1n) is 9.85. The van der Waals surface area contributed by atoms with Gasteiger partial charge in [-0.2, -0.15) is 0 Å². The van der Waals surface area contributed by atoms with Crippen LogP contribution < -0.4 is 15.0 Å². The van der Waals surface area contributed by atoms with E-state index in [0.717, 1.165) is 30.0 Å². The van der Waals surface area contributed by atoms with Crippen LogP contribution in [-0.4, -0.2) is 49.0 Å². The number of fused-ring (bicyclic) bond motifs is 1. The summed E-state index contributed by atoms with van der Waals surface area (Å²) in [5, 5.41) is 15.2. The Balaban J connectivity index is 1.50. The van der Waals surface area contributed by atoms with Gasteiger partial charge < -0.3 is 15.0 Å². The summed E-state index contributed by atoms with van der Waals surface area (Å²) in [7, 11) is 1.64. The SMILES string of the molecule is COc1ccc(Cl)cc1CN1CCN(c2cc3c(cc2[N+](=O)[O-])CCC(=O)N3)CC1. The number of hydrogen-bond donors (Lipinski definition) is 1. The van der Waals surface area contributed by atoms with Crippen molar-refractivity contribution in [3.05, 3.63) is 56.6 Å². The van der Waals surface area contributed by atoms with E-state index in [9.17, 15) is 14.9 Å². The third kappa shape index (κ3) is 4.20. The van der Waals surface area contributed by atoms with Crippen LogP contribution in [0.3, 0.4) is 0 Å². The van der Waals surface area contributed by atoms with Crippen molar-refractivity contribution in [3.63, 3.8) is 0 Å². The van der Waals surface area contributed by atoms with Gasteiger partial charge in [-0.25, -0.2) is 0 Å². The number of nitrogens with one attached hydrogen (secondary N) is 1. The predicted molar refractivity (Wildman–Crippen MR) is 116 cm³/mol. The number of anilines is 2. The summed E-state index contributed by atoms with van der Waals surface area (Å²) in [5.41, 5.74) is 3.16. The van der Waals surface area contributed by atoms with Gasteiger partial charge in [0.1, 0.15) is 11.4 Å². The fourth-order valence-corrected chi connectivity index (χ4v) is 4.26. The molecule has 0 unspecified atom stereocenters. The largest absolute Gasteiger partial charge is 0.496 e. The highest BCUT2D eigenvalue weighted by atomic mass is 35.5. The summed E-state index contributed by atoms with van der Waals surface area (Å²) in [4.78, 5) is 27.4. The number of amides is 1. The maximum absolute atomic E-state index is 11.7. The molecule has 1 saturated heterocycles. The van der Waals surface area contributed by atoms with Gasteiger partial charge >= 0.3 is 0 Å². The zero-order chi connectivity index (χ0) is 21.3. The molecule has 1 amide bonds. The van der Waals surface area contributed by atoms with Crippen molar-refractivity contribution in [2.45, 2.75) is 19.4 Å². The van der Waals surface area contributed by atoms with Crippen molar-refractivity contribution in [1.29, 1.82) is 0 Å². The normalized spacial score (nSPS) is 16.7. The first-order chi connectivity index (χ1) is 14.4. The number of carbonyl (C=O) groups excluding carboxylic acids is 1. The molecule has 2 aromatic rings. The number of piperazine rings is 1. The first kappa shape index (κ1) is 20.4. The van der Waals surface area contributed by atoms with Gasteiger partial charge in [0.05, 0.1) is 12.0 Å². The molecule has 4 rings (SSSR count). The maximum Gasteiger partial charge on any atom is 0.292 e. The summed E-state index contributed by atoms with van der Waals surface area (Å²) < 4.78 is 5.43. The zero-order valence-electron chi connectivity index (χ0n) is 16.7. The van der Waals surface area contributed by atoms with Crippen LogP contribution in [0.2, 0.25) is 5.02 Å². The molecule has 158 valence electrons. The van der Waals surface area contributed by atoms with Gasteiger partial charge in [-0.05, 0) is 36.2 Å². The van der Waals surface area contributed by atoms with Crippen molar-refractivity contribution in [1.82, 2.24) is 4.90 Å². The monoisotopic (exact) mass is 430 g/mol. The Bertz CT molecular complexity index is 989. The zero-order valence-corrected chi connectivity index (χ0v) is 17.4. The number of benzene rings is 2. The molecule has 1 N–H and O–H groups in total. The lowest BCUT2D eigenvalue weighted by atomic mass is 10.0. The van der Waals surface area contributed by atoms with Gasteiger partial charge in [-0.3, -0.25) is 19.8 Å². The van der Waals surface area contributed by atoms with Crippen LogP contribution in [0.1, 0.15) is 17.5 Å². The molecule has 0 spiro atoms. The molecule has 8 nitrogen and oxygen atoms in total. The van der Waals surface area contributed by atoms with E-state index in [1.54, 1.807) is 25.3 Å². The Morgan fingerprint density at radius 1 is 1.17 bits per heavy atom. The Kier molecular flexibility index (Phi) is 5.78. The van der Waals surface area contributed by atoms with Gasteiger partial charge in [-0.1, -0.05) is 11.6 Å². The van der Waals surface area contributed by atoms with Crippen LogP contribution in [-0.2, 0) is 17.8 Å².